The number of para-hydroxylation sites is 1. The molecule has 5 nitrogen and oxygen atoms in total. The molecule has 5 heteroatoms. The van der Waals surface area contributed by atoms with E-state index in [1.165, 1.54) is 12.5 Å². The second-order valence-electron chi connectivity index (χ2n) is 9.61. The maximum absolute atomic E-state index is 12.5. The van der Waals surface area contributed by atoms with Gasteiger partial charge in [0.25, 0.3) is 0 Å². The number of nitrogens with zero attached hydrogens (tertiary/aromatic N) is 1. The van der Waals surface area contributed by atoms with Gasteiger partial charge in [-0.15, -0.1) is 0 Å². The van der Waals surface area contributed by atoms with Crippen molar-refractivity contribution in [1.82, 2.24) is 0 Å². The first-order valence-corrected chi connectivity index (χ1v) is 12.5. The van der Waals surface area contributed by atoms with Crippen molar-refractivity contribution in [1.29, 1.82) is 0 Å². The van der Waals surface area contributed by atoms with Crippen LogP contribution in [0.2, 0.25) is 0 Å². The molecule has 3 aliphatic heterocycles. The molecule has 3 fully saturated rings. The number of anilines is 1. The van der Waals surface area contributed by atoms with Crippen LogP contribution in [-0.4, -0.2) is 48.5 Å². The van der Waals surface area contributed by atoms with E-state index in [1.807, 2.05) is 54.6 Å². The third kappa shape index (κ3) is 7.03. The number of fused-ring (bicyclic) bond motifs is 3. The van der Waals surface area contributed by atoms with E-state index in [-0.39, 0.29) is 17.9 Å². The average molecular weight is 472 g/mol. The lowest BCUT2D eigenvalue weighted by Crippen LogP contribution is -2.65. The minimum atomic E-state index is -0.207. The second-order valence-corrected chi connectivity index (χ2v) is 9.61. The quantitative estimate of drug-likeness (QED) is 0.287. The summed E-state index contributed by atoms with van der Waals surface area (Å²) < 4.78 is 6.25. The molecule has 0 unspecified atom stereocenters. The molecule has 3 saturated heterocycles. The summed E-state index contributed by atoms with van der Waals surface area (Å²) in [6.45, 7) is 5.72. The number of carbonyl (C=O) groups is 2. The molecule has 0 aliphatic carbocycles. The highest BCUT2D eigenvalue weighted by molar-refractivity contribution is 5.96. The monoisotopic (exact) mass is 471 g/mol. The number of benzene rings is 3. The van der Waals surface area contributed by atoms with Gasteiger partial charge in [-0.2, -0.15) is 0 Å². The van der Waals surface area contributed by atoms with Gasteiger partial charge >= 0.3 is 5.97 Å². The van der Waals surface area contributed by atoms with Crippen LogP contribution in [0.5, 0.6) is 0 Å². The van der Waals surface area contributed by atoms with Gasteiger partial charge < -0.3 is 14.5 Å². The number of hydrogen-bond acceptors (Lipinski definition) is 4. The number of ketones is 1. The van der Waals surface area contributed by atoms with Crippen LogP contribution < -0.4 is 5.32 Å². The first-order valence-electron chi connectivity index (χ1n) is 12.5. The Morgan fingerprint density at radius 2 is 1.43 bits per heavy atom. The number of esters is 1. The van der Waals surface area contributed by atoms with Crippen LogP contribution >= 0.6 is 0 Å². The largest absolute Gasteiger partial charge is 0.456 e. The summed E-state index contributed by atoms with van der Waals surface area (Å²) in [5.41, 5.74) is 3.24. The topological polar surface area (TPSA) is 55.4 Å². The van der Waals surface area contributed by atoms with Gasteiger partial charge in [-0.25, -0.2) is 0 Å². The van der Waals surface area contributed by atoms with Crippen LogP contribution in [-0.2, 0) is 16.1 Å². The van der Waals surface area contributed by atoms with Crippen molar-refractivity contribution >= 4 is 17.4 Å². The van der Waals surface area contributed by atoms with Gasteiger partial charge in [0.2, 0.25) is 5.78 Å². The summed E-state index contributed by atoms with van der Waals surface area (Å²) in [5, 5.41) is 3.36. The summed E-state index contributed by atoms with van der Waals surface area (Å²) in [6.07, 6.45) is 2.11. The molecule has 6 rings (SSSR count). The Balaban J connectivity index is 0.000000179. The molecule has 1 atom stereocenters. The summed E-state index contributed by atoms with van der Waals surface area (Å²) in [5.74, 6) is 0.472. The van der Waals surface area contributed by atoms with Crippen LogP contribution in [0.15, 0.2) is 91.0 Å². The minimum Gasteiger partial charge on any atom is -0.456 e. The Kier molecular flexibility index (Phi) is 8.32. The summed E-state index contributed by atoms with van der Waals surface area (Å²) >= 11 is 0. The fourth-order valence-corrected chi connectivity index (χ4v) is 5.17. The van der Waals surface area contributed by atoms with E-state index >= 15 is 0 Å². The highest BCUT2D eigenvalue weighted by Gasteiger charge is 2.48. The van der Waals surface area contributed by atoms with E-state index in [2.05, 4.69) is 41.7 Å². The maximum Gasteiger partial charge on any atom is 0.303 e. The molecular weight excluding hydrogens is 436 g/mol. The van der Waals surface area contributed by atoms with Crippen LogP contribution in [0.4, 0.5) is 5.69 Å². The van der Waals surface area contributed by atoms with Crippen LogP contribution in [0.25, 0.3) is 0 Å². The Hall–Kier alpha value is -3.44. The smallest absolute Gasteiger partial charge is 0.303 e. The van der Waals surface area contributed by atoms with Crippen molar-refractivity contribution < 1.29 is 18.8 Å². The number of piperidine rings is 3. The van der Waals surface area contributed by atoms with Crippen molar-refractivity contribution in [2.45, 2.75) is 32.4 Å². The SMILES string of the molecule is CC(=O)O[C@H]1C[N+]2(CC(=O)c3ccccc3)CCC1CC2.c1ccc(CNc2ccccc2)cc1. The molecule has 0 radical (unpaired) electrons. The van der Waals surface area contributed by atoms with E-state index < -0.39 is 0 Å². The molecular formula is C30H35N2O3+. The molecule has 3 heterocycles. The van der Waals surface area contributed by atoms with Crippen LogP contribution in [0, 0.1) is 5.92 Å². The Labute approximate surface area is 208 Å². The van der Waals surface area contributed by atoms with Gasteiger partial charge in [0.05, 0.1) is 13.1 Å². The molecule has 0 saturated carbocycles. The third-order valence-corrected chi connectivity index (χ3v) is 7.05. The summed E-state index contributed by atoms with van der Waals surface area (Å²) in [7, 11) is 0. The van der Waals surface area contributed by atoms with Gasteiger partial charge in [0.15, 0.2) is 6.10 Å². The zero-order chi connectivity index (χ0) is 24.5. The number of rotatable bonds is 7. The zero-order valence-electron chi connectivity index (χ0n) is 20.4. The van der Waals surface area contributed by atoms with Gasteiger partial charge in [-0.3, -0.25) is 9.59 Å². The van der Waals surface area contributed by atoms with Gasteiger partial charge in [0.1, 0.15) is 13.1 Å². The number of ether oxygens (including phenoxy) is 1. The highest BCUT2D eigenvalue weighted by Crippen LogP contribution is 2.35. The first kappa shape index (κ1) is 24.7. The molecule has 3 aliphatic rings. The number of Topliss-reactive ketones (excluding diaryl/α,β-unsaturated/α-hetero) is 1. The van der Waals surface area contributed by atoms with E-state index in [0.717, 1.165) is 54.8 Å². The number of carbonyl (C=O) groups excluding carboxylic acids is 2. The molecule has 3 aromatic carbocycles. The molecule has 0 spiro atoms. The lowest BCUT2D eigenvalue weighted by atomic mass is 9.83. The average Bonchev–Trinajstić information content (AvgIpc) is 2.90. The Morgan fingerprint density at radius 3 is 2.03 bits per heavy atom. The predicted octanol–water partition coefficient (Wildman–Crippen LogP) is 5.34. The molecule has 35 heavy (non-hydrogen) atoms. The van der Waals surface area contributed by atoms with E-state index in [0.29, 0.717) is 12.5 Å². The first-order chi connectivity index (χ1) is 17.0. The van der Waals surface area contributed by atoms with E-state index in [4.69, 9.17) is 4.74 Å². The standard InChI is InChI=1S/C17H22NO3.C13H13N/c1-13(19)21-17-12-18(9-7-15(17)8-10-18)11-16(20)14-5-3-2-4-6-14;1-3-7-12(8-4-1)11-14-13-9-5-2-6-10-13/h2-6,15,17H,7-12H2,1H3;1-10,14H,11H2/q+1;/t15?,17-,18?;/m0./s1. The summed E-state index contributed by atoms with van der Waals surface area (Å²) in [6, 6.07) is 30.1. The van der Waals surface area contributed by atoms with Crippen molar-refractivity contribution in [2.75, 3.05) is 31.5 Å². The molecule has 1 N–H and O–H groups in total. The Morgan fingerprint density at radius 1 is 0.857 bits per heavy atom. The molecule has 0 amide bonds. The lowest BCUT2D eigenvalue weighted by Gasteiger charge is -2.51. The number of hydrogen-bond donors (Lipinski definition) is 1. The van der Waals surface area contributed by atoms with Crippen molar-refractivity contribution in [3.8, 4) is 0 Å². The van der Waals surface area contributed by atoms with Crippen molar-refractivity contribution in [2.24, 2.45) is 5.92 Å². The number of quaternary nitrogens is 1. The molecule has 182 valence electrons. The van der Waals surface area contributed by atoms with Gasteiger partial charge in [-0.1, -0.05) is 78.9 Å². The third-order valence-electron chi connectivity index (χ3n) is 7.05. The van der Waals surface area contributed by atoms with Gasteiger partial charge in [0, 0.05) is 43.5 Å². The van der Waals surface area contributed by atoms with E-state index in [9.17, 15) is 9.59 Å². The Bertz CT molecular complexity index is 1040. The van der Waals surface area contributed by atoms with Crippen LogP contribution in [0.1, 0.15) is 35.7 Å². The zero-order valence-corrected chi connectivity index (χ0v) is 20.4. The van der Waals surface area contributed by atoms with Crippen molar-refractivity contribution in [3.05, 3.63) is 102 Å². The van der Waals surface area contributed by atoms with Crippen LogP contribution in [0.3, 0.4) is 0 Å². The molecule has 3 aromatic rings. The minimum absolute atomic E-state index is 0.00595. The predicted molar refractivity (Wildman–Crippen MR) is 139 cm³/mol. The fraction of sp³-hybridized carbons (Fsp3) is 0.333. The number of nitrogens with one attached hydrogen (secondary N) is 1. The normalized spacial score (nSPS) is 22.4. The molecule has 2 bridgehead atoms. The maximum atomic E-state index is 12.5. The van der Waals surface area contributed by atoms with E-state index in [1.54, 1.807) is 0 Å². The molecule has 0 aromatic heterocycles. The summed E-state index contributed by atoms with van der Waals surface area (Å²) in [4.78, 5) is 23.7. The fourth-order valence-electron chi connectivity index (χ4n) is 5.17. The second kappa shape index (κ2) is 11.8. The highest BCUT2D eigenvalue weighted by atomic mass is 16.5. The lowest BCUT2D eigenvalue weighted by molar-refractivity contribution is -0.938. The van der Waals surface area contributed by atoms with Crippen molar-refractivity contribution in [3.63, 3.8) is 0 Å². The van der Waals surface area contributed by atoms with Gasteiger partial charge in [-0.05, 0) is 17.7 Å².